The molecule has 6 N–H and O–H groups in total. The lowest BCUT2D eigenvalue weighted by Crippen LogP contribution is -2.45. The van der Waals surface area contributed by atoms with E-state index in [0.29, 0.717) is 24.3 Å². The fraction of sp³-hybridized carbons (Fsp3) is 0.333. The normalized spacial score (nSPS) is 12.5. The van der Waals surface area contributed by atoms with Gasteiger partial charge in [-0.15, -0.1) is 11.3 Å². The minimum Gasteiger partial charge on any atom is -0.342 e. The van der Waals surface area contributed by atoms with E-state index in [2.05, 4.69) is 10.6 Å². The first-order valence-corrected chi connectivity index (χ1v) is 7.91. The molecule has 0 unspecified atom stereocenters. The number of hydrogen-bond donors (Lipinski definition) is 4. The summed E-state index contributed by atoms with van der Waals surface area (Å²) < 4.78 is 1.05. The number of benzene rings is 1. The molecule has 2 rings (SSSR count). The molecule has 0 radical (unpaired) electrons. The van der Waals surface area contributed by atoms with Gasteiger partial charge in [0, 0.05) is 4.70 Å². The van der Waals surface area contributed by atoms with Crippen LogP contribution in [0.25, 0.3) is 10.1 Å². The second kappa shape index (κ2) is 8.00. The molecule has 1 atom stereocenters. The summed E-state index contributed by atoms with van der Waals surface area (Å²) in [7, 11) is 0. The van der Waals surface area contributed by atoms with Crippen molar-refractivity contribution in [2.75, 3.05) is 6.54 Å². The Kier molecular flexibility index (Phi) is 6.02. The van der Waals surface area contributed by atoms with Crippen LogP contribution >= 0.6 is 11.3 Å². The van der Waals surface area contributed by atoms with E-state index in [-0.39, 0.29) is 5.91 Å². The summed E-state index contributed by atoms with van der Waals surface area (Å²) in [6.45, 7) is 0.598. The van der Waals surface area contributed by atoms with Gasteiger partial charge in [0.2, 0.25) is 0 Å². The van der Waals surface area contributed by atoms with E-state index in [9.17, 15) is 9.59 Å². The van der Waals surface area contributed by atoms with Crippen molar-refractivity contribution in [3.05, 3.63) is 35.2 Å². The molecule has 0 aliphatic rings. The monoisotopic (exact) mass is 320 g/mol. The van der Waals surface area contributed by atoms with E-state index < -0.39 is 12.3 Å². The predicted molar refractivity (Wildman–Crippen MR) is 88.5 cm³/mol. The van der Waals surface area contributed by atoms with Gasteiger partial charge in [0.15, 0.2) is 0 Å². The van der Waals surface area contributed by atoms with Gasteiger partial charge in [0.1, 0.15) is 12.6 Å². The second-order valence-electron chi connectivity index (χ2n) is 4.99. The van der Waals surface area contributed by atoms with Crippen molar-refractivity contribution in [3.63, 3.8) is 0 Å². The molecule has 0 aliphatic heterocycles. The van der Waals surface area contributed by atoms with Crippen LogP contribution < -0.4 is 22.1 Å². The number of rotatable bonds is 8. The summed E-state index contributed by atoms with van der Waals surface area (Å²) in [6.07, 6.45) is 1.43. The first kappa shape index (κ1) is 16.6. The highest BCUT2D eigenvalue weighted by Gasteiger charge is 2.15. The quantitative estimate of drug-likeness (QED) is 0.326. The van der Waals surface area contributed by atoms with Crippen LogP contribution in [0.1, 0.15) is 22.5 Å². The standard InChI is InChI=1S/C15H20N4O2S/c16-15(17)18-7-3-5-11(9-20)19-14(21)13-8-10-4-1-2-6-12(10)22-13/h1-2,4,6,8-9,11,15,18H,3,5,7,16-17H2,(H,19,21)/t11-/m0/s1. The van der Waals surface area contributed by atoms with Crippen LogP contribution in [0.3, 0.4) is 0 Å². The van der Waals surface area contributed by atoms with Crippen LogP contribution in [0.2, 0.25) is 0 Å². The lowest BCUT2D eigenvalue weighted by Gasteiger charge is -2.13. The topological polar surface area (TPSA) is 110 Å². The molecule has 7 heteroatoms. The number of carbonyl (C=O) groups is 2. The zero-order chi connectivity index (χ0) is 15.9. The van der Waals surface area contributed by atoms with Gasteiger partial charge in [-0.3, -0.25) is 10.1 Å². The summed E-state index contributed by atoms with van der Waals surface area (Å²) in [6, 6.07) is 9.13. The van der Waals surface area contributed by atoms with Crippen LogP contribution in [0.5, 0.6) is 0 Å². The molecule has 1 aromatic carbocycles. The number of thiophene rings is 1. The third-order valence-corrected chi connectivity index (χ3v) is 4.32. The molecule has 0 fully saturated rings. The minimum atomic E-state index is -0.567. The maximum atomic E-state index is 12.2. The molecule has 0 saturated carbocycles. The number of aldehydes is 1. The average molecular weight is 320 g/mol. The third kappa shape index (κ3) is 4.60. The zero-order valence-electron chi connectivity index (χ0n) is 12.1. The molecular weight excluding hydrogens is 300 g/mol. The Morgan fingerprint density at radius 1 is 1.32 bits per heavy atom. The Balaban J connectivity index is 1.89. The van der Waals surface area contributed by atoms with Gasteiger partial charge in [0.05, 0.1) is 10.9 Å². The maximum Gasteiger partial charge on any atom is 0.261 e. The molecule has 6 nitrogen and oxygen atoms in total. The fourth-order valence-corrected chi connectivity index (χ4v) is 3.06. The Hall–Kier alpha value is -1.80. The molecule has 0 bridgehead atoms. The van der Waals surface area contributed by atoms with E-state index in [0.717, 1.165) is 16.4 Å². The predicted octanol–water partition coefficient (Wildman–Crippen LogP) is 0.769. The van der Waals surface area contributed by atoms with Gasteiger partial charge < -0.3 is 21.6 Å². The fourth-order valence-electron chi connectivity index (χ4n) is 2.10. The van der Waals surface area contributed by atoms with Gasteiger partial charge in [-0.1, -0.05) is 18.2 Å². The molecule has 118 valence electrons. The lowest BCUT2D eigenvalue weighted by molar-refractivity contribution is -0.109. The number of fused-ring (bicyclic) bond motifs is 1. The van der Waals surface area contributed by atoms with Gasteiger partial charge in [0.25, 0.3) is 5.91 Å². The first-order chi connectivity index (χ1) is 10.6. The van der Waals surface area contributed by atoms with Crippen molar-refractivity contribution in [2.24, 2.45) is 11.5 Å². The smallest absolute Gasteiger partial charge is 0.261 e. The largest absolute Gasteiger partial charge is 0.342 e. The van der Waals surface area contributed by atoms with E-state index in [1.165, 1.54) is 11.3 Å². The number of nitrogens with one attached hydrogen (secondary N) is 2. The zero-order valence-corrected chi connectivity index (χ0v) is 12.9. The van der Waals surface area contributed by atoms with E-state index in [1.807, 2.05) is 30.3 Å². The van der Waals surface area contributed by atoms with E-state index >= 15 is 0 Å². The van der Waals surface area contributed by atoms with Crippen LogP contribution in [0.4, 0.5) is 0 Å². The molecule has 0 aliphatic carbocycles. The van der Waals surface area contributed by atoms with Crippen molar-refractivity contribution in [3.8, 4) is 0 Å². The van der Waals surface area contributed by atoms with Crippen molar-refractivity contribution < 1.29 is 9.59 Å². The summed E-state index contributed by atoms with van der Waals surface area (Å²) in [5.74, 6) is -0.221. The Morgan fingerprint density at radius 3 is 2.77 bits per heavy atom. The average Bonchev–Trinajstić information content (AvgIpc) is 2.94. The highest BCUT2D eigenvalue weighted by atomic mass is 32.1. The molecule has 1 aromatic heterocycles. The van der Waals surface area contributed by atoms with Gasteiger partial charge >= 0.3 is 0 Å². The molecule has 0 spiro atoms. The highest BCUT2D eigenvalue weighted by Crippen LogP contribution is 2.25. The van der Waals surface area contributed by atoms with Gasteiger partial charge in [-0.25, -0.2) is 0 Å². The molecule has 1 heterocycles. The van der Waals surface area contributed by atoms with Gasteiger partial charge in [-0.2, -0.15) is 0 Å². The highest BCUT2D eigenvalue weighted by molar-refractivity contribution is 7.20. The van der Waals surface area contributed by atoms with E-state index in [1.54, 1.807) is 0 Å². The Morgan fingerprint density at radius 2 is 2.09 bits per heavy atom. The van der Waals surface area contributed by atoms with Crippen LogP contribution in [0.15, 0.2) is 30.3 Å². The van der Waals surface area contributed by atoms with E-state index in [4.69, 9.17) is 11.5 Å². The number of amides is 1. The molecule has 0 saturated heterocycles. The summed E-state index contributed by atoms with van der Waals surface area (Å²) in [5.41, 5.74) is 10.7. The van der Waals surface area contributed by atoms with Crippen molar-refractivity contribution in [2.45, 2.75) is 25.2 Å². The SMILES string of the molecule is NC(N)NCCC[C@@H](C=O)NC(=O)c1cc2ccccc2s1. The number of carbonyl (C=O) groups excluding carboxylic acids is 2. The maximum absolute atomic E-state index is 12.2. The molecule has 22 heavy (non-hydrogen) atoms. The van der Waals surface area contributed by atoms with Crippen molar-refractivity contribution in [1.82, 2.24) is 10.6 Å². The van der Waals surface area contributed by atoms with Crippen LogP contribution in [0, 0.1) is 0 Å². The number of nitrogens with two attached hydrogens (primary N) is 2. The summed E-state index contributed by atoms with van der Waals surface area (Å²) >= 11 is 1.42. The van der Waals surface area contributed by atoms with Crippen molar-refractivity contribution >= 4 is 33.6 Å². The van der Waals surface area contributed by atoms with Crippen LogP contribution in [-0.4, -0.2) is 31.1 Å². The lowest BCUT2D eigenvalue weighted by atomic mass is 10.1. The van der Waals surface area contributed by atoms with Crippen LogP contribution in [-0.2, 0) is 4.79 Å². The second-order valence-corrected chi connectivity index (χ2v) is 6.07. The first-order valence-electron chi connectivity index (χ1n) is 7.09. The molecule has 2 aromatic rings. The molecular formula is C15H20N4O2S. The van der Waals surface area contributed by atoms with Gasteiger partial charge in [-0.05, 0) is 36.9 Å². The summed E-state index contributed by atoms with van der Waals surface area (Å²) in [5, 5.41) is 6.63. The minimum absolute atomic E-state index is 0.221. The third-order valence-electron chi connectivity index (χ3n) is 3.20. The molecule has 1 amide bonds. The Bertz CT molecular complexity index is 608. The number of hydrogen-bond acceptors (Lipinski definition) is 6. The Labute approximate surface area is 132 Å². The van der Waals surface area contributed by atoms with Crippen molar-refractivity contribution in [1.29, 1.82) is 0 Å². The summed E-state index contributed by atoms with van der Waals surface area (Å²) in [4.78, 5) is 23.9.